The van der Waals surface area contributed by atoms with Crippen LogP contribution in [-0.4, -0.2) is 48.1 Å². The Morgan fingerprint density at radius 1 is 0.976 bits per heavy atom. The van der Waals surface area contributed by atoms with Gasteiger partial charge in [-0.15, -0.1) is 11.8 Å². The van der Waals surface area contributed by atoms with E-state index in [-0.39, 0.29) is 34.8 Å². The maximum atomic E-state index is 13.9. The van der Waals surface area contributed by atoms with E-state index in [9.17, 15) is 9.59 Å². The molecule has 8 nitrogen and oxygen atoms in total. The summed E-state index contributed by atoms with van der Waals surface area (Å²) in [5, 5.41) is 7.88. The molecule has 1 unspecified atom stereocenters. The van der Waals surface area contributed by atoms with Gasteiger partial charge in [0.1, 0.15) is 23.9 Å². The van der Waals surface area contributed by atoms with Crippen molar-refractivity contribution in [3.63, 3.8) is 0 Å². The van der Waals surface area contributed by atoms with Crippen molar-refractivity contribution in [1.82, 2.24) is 15.1 Å². The lowest BCUT2D eigenvalue weighted by Crippen LogP contribution is -2.42. The molecule has 1 atom stereocenters. The lowest BCUT2D eigenvalue weighted by molar-refractivity contribution is -0.123. The number of methoxy groups -OCH3 is 2. The lowest BCUT2D eigenvalue weighted by atomic mass is 9.87. The number of anilines is 1. The van der Waals surface area contributed by atoms with Crippen LogP contribution in [0.25, 0.3) is 5.69 Å². The van der Waals surface area contributed by atoms with E-state index in [0.29, 0.717) is 18.1 Å². The standard InChI is InChI=1S/C33H36N4O4S/c1-33(2,3)31-29-30(25-13-9-10-14-26(25)41-5)42-21-28(39)36(20-27(38)34-19-22-11-7-6-8-12-22)32(29)37(35-31)23-15-17-24(40-4)18-16-23/h6-18,30H,19-21H2,1-5H3,(H,34,38). The largest absolute Gasteiger partial charge is 0.497 e. The third-order valence-corrected chi connectivity index (χ3v) is 8.41. The van der Waals surface area contributed by atoms with Crippen LogP contribution in [0.3, 0.4) is 0 Å². The van der Waals surface area contributed by atoms with Crippen LogP contribution in [0.2, 0.25) is 0 Å². The highest BCUT2D eigenvalue weighted by Crippen LogP contribution is 2.50. The van der Waals surface area contributed by atoms with Gasteiger partial charge in [0.2, 0.25) is 11.8 Å². The van der Waals surface area contributed by atoms with E-state index >= 15 is 0 Å². The van der Waals surface area contributed by atoms with Gasteiger partial charge in [-0.25, -0.2) is 4.68 Å². The summed E-state index contributed by atoms with van der Waals surface area (Å²) in [5.74, 6) is 1.81. The number of hydrogen-bond donors (Lipinski definition) is 1. The molecule has 0 saturated carbocycles. The first kappa shape index (κ1) is 29.3. The molecular formula is C33H36N4O4S. The molecule has 1 N–H and O–H groups in total. The summed E-state index contributed by atoms with van der Waals surface area (Å²) in [6.07, 6.45) is 0. The summed E-state index contributed by atoms with van der Waals surface area (Å²) < 4.78 is 13.0. The van der Waals surface area contributed by atoms with Crippen LogP contribution in [0.4, 0.5) is 5.82 Å². The average molecular weight is 585 g/mol. The van der Waals surface area contributed by atoms with Crippen molar-refractivity contribution in [2.24, 2.45) is 0 Å². The van der Waals surface area contributed by atoms with Gasteiger partial charge in [0.25, 0.3) is 0 Å². The molecule has 1 aliphatic heterocycles. The fraction of sp³-hybridized carbons (Fsp3) is 0.303. The van der Waals surface area contributed by atoms with Gasteiger partial charge in [0, 0.05) is 23.1 Å². The van der Waals surface area contributed by atoms with E-state index < -0.39 is 0 Å². The number of rotatable bonds is 8. The summed E-state index contributed by atoms with van der Waals surface area (Å²) in [4.78, 5) is 28.8. The predicted octanol–water partition coefficient (Wildman–Crippen LogP) is 5.67. The van der Waals surface area contributed by atoms with Crippen LogP contribution in [0, 0.1) is 0 Å². The Morgan fingerprint density at radius 2 is 1.67 bits per heavy atom. The molecule has 0 fully saturated rings. The van der Waals surface area contributed by atoms with E-state index in [2.05, 4.69) is 26.1 Å². The van der Waals surface area contributed by atoms with Crippen molar-refractivity contribution in [3.8, 4) is 17.2 Å². The minimum atomic E-state index is -0.364. The van der Waals surface area contributed by atoms with Crippen molar-refractivity contribution in [3.05, 3.63) is 101 Å². The Balaban J connectivity index is 1.67. The van der Waals surface area contributed by atoms with Gasteiger partial charge in [0.05, 0.1) is 36.6 Å². The summed E-state index contributed by atoms with van der Waals surface area (Å²) in [6, 6.07) is 25.1. The van der Waals surface area contributed by atoms with Crippen LogP contribution in [0.15, 0.2) is 78.9 Å². The average Bonchev–Trinajstić information content (AvgIpc) is 3.34. The van der Waals surface area contributed by atoms with Crippen molar-refractivity contribution >= 4 is 29.4 Å². The van der Waals surface area contributed by atoms with Crippen LogP contribution < -0.4 is 19.7 Å². The molecule has 218 valence electrons. The van der Waals surface area contributed by atoms with Crippen molar-refractivity contribution in [2.75, 3.05) is 31.4 Å². The topological polar surface area (TPSA) is 85.7 Å². The zero-order valence-electron chi connectivity index (χ0n) is 24.6. The maximum absolute atomic E-state index is 13.9. The van der Waals surface area contributed by atoms with Crippen LogP contribution in [0.5, 0.6) is 11.5 Å². The second-order valence-corrected chi connectivity index (χ2v) is 12.2. The zero-order valence-corrected chi connectivity index (χ0v) is 25.4. The third kappa shape index (κ3) is 6.01. The minimum absolute atomic E-state index is 0.136. The van der Waals surface area contributed by atoms with Gasteiger partial charge in [-0.05, 0) is 35.9 Å². The Labute approximate surface area is 251 Å². The molecule has 0 saturated heterocycles. The van der Waals surface area contributed by atoms with Crippen LogP contribution in [-0.2, 0) is 21.5 Å². The maximum Gasteiger partial charge on any atom is 0.240 e. The number of fused-ring (bicyclic) bond motifs is 1. The molecule has 9 heteroatoms. The first-order valence-electron chi connectivity index (χ1n) is 13.8. The third-order valence-electron chi connectivity index (χ3n) is 7.17. The molecule has 4 aromatic rings. The monoisotopic (exact) mass is 584 g/mol. The van der Waals surface area contributed by atoms with Gasteiger partial charge < -0.3 is 14.8 Å². The van der Waals surface area contributed by atoms with E-state index in [1.165, 1.54) is 11.8 Å². The number of para-hydroxylation sites is 1. The molecule has 5 rings (SSSR count). The Kier molecular flexibility index (Phi) is 8.59. The summed E-state index contributed by atoms with van der Waals surface area (Å²) in [6.45, 7) is 6.58. The Hall–Kier alpha value is -4.24. The molecule has 1 aliphatic rings. The number of nitrogens with one attached hydrogen (secondary N) is 1. The second-order valence-electron chi connectivity index (χ2n) is 11.1. The van der Waals surface area contributed by atoms with Crippen molar-refractivity contribution in [2.45, 2.75) is 38.0 Å². The molecule has 2 heterocycles. The van der Waals surface area contributed by atoms with Gasteiger partial charge in [0.15, 0.2) is 0 Å². The Bertz CT molecular complexity index is 1560. The molecule has 0 spiro atoms. The fourth-order valence-corrected chi connectivity index (χ4v) is 6.32. The number of carbonyl (C=O) groups is 2. The molecule has 0 aliphatic carbocycles. The summed E-state index contributed by atoms with van der Waals surface area (Å²) in [5.41, 5.74) is 4.08. The molecule has 42 heavy (non-hydrogen) atoms. The number of benzene rings is 3. The fourth-order valence-electron chi connectivity index (χ4n) is 5.10. The molecule has 0 bridgehead atoms. The highest BCUT2D eigenvalue weighted by atomic mass is 32.2. The second kappa shape index (κ2) is 12.3. The number of thioether (sulfide) groups is 1. The zero-order chi connectivity index (χ0) is 29.9. The molecule has 2 amide bonds. The summed E-state index contributed by atoms with van der Waals surface area (Å²) >= 11 is 1.53. The SMILES string of the molecule is COc1ccc(-n2nc(C(C)(C)C)c3c2N(CC(=O)NCc2ccccc2)C(=O)CSC3c2ccccc2OC)cc1. The highest BCUT2D eigenvalue weighted by molar-refractivity contribution is 8.00. The molecule has 3 aromatic carbocycles. The van der Waals surface area contributed by atoms with E-state index in [1.807, 2.05) is 78.9 Å². The van der Waals surface area contributed by atoms with Gasteiger partial charge in [-0.3, -0.25) is 14.5 Å². The first-order chi connectivity index (χ1) is 20.2. The number of hydrogen-bond acceptors (Lipinski definition) is 6. The molecule has 1 aromatic heterocycles. The summed E-state index contributed by atoms with van der Waals surface area (Å²) in [7, 11) is 3.28. The predicted molar refractivity (Wildman–Crippen MR) is 167 cm³/mol. The number of carbonyl (C=O) groups excluding carboxylic acids is 2. The van der Waals surface area contributed by atoms with Gasteiger partial charge >= 0.3 is 0 Å². The van der Waals surface area contributed by atoms with Crippen molar-refractivity contribution < 1.29 is 19.1 Å². The number of aromatic nitrogens is 2. The van der Waals surface area contributed by atoms with E-state index in [0.717, 1.165) is 33.8 Å². The van der Waals surface area contributed by atoms with Crippen LogP contribution in [0.1, 0.15) is 48.4 Å². The number of amides is 2. The Morgan fingerprint density at radius 3 is 2.33 bits per heavy atom. The number of ether oxygens (including phenoxy) is 2. The first-order valence-corrected chi connectivity index (χ1v) is 14.9. The van der Waals surface area contributed by atoms with Crippen molar-refractivity contribution in [1.29, 1.82) is 0 Å². The highest BCUT2D eigenvalue weighted by Gasteiger charge is 2.40. The molecule has 0 radical (unpaired) electrons. The normalized spacial score (nSPS) is 15.1. The van der Waals surface area contributed by atoms with E-state index in [1.54, 1.807) is 23.8 Å². The van der Waals surface area contributed by atoms with Crippen LogP contribution >= 0.6 is 11.8 Å². The smallest absolute Gasteiger partial charge is 0.240 e. The minimum Gasteiger partial charge on any atom is -0.497 e. The van der Waals surface area contributed by atoms with Gasteiger partial charge in [-0.2, -0.15) is 5.10 Å². The lowest BCUT2D eigenvalue weighted by Gasteiger charge is -2.25. The van der Waals surface area contributed by atoms with E-state index in [4.69, 9.17) is 14.6 Å². The number of nitrogens with zero attached hydrogens (tertiary/aromatic N) is 3. The van der Waals surface area contributed by atoms with Gasteiger partial charge in [-0.1, -0.05) is 69.3 Å². The quantitative estimate of drug-likeness (QED) is 0.287. The molecular weight excluding hydrogens is 548 g/mol.